The molecule has 1 aliphatic heterocycles. The van der Waals surface area contributed by atoms with Gasteiger partial charge in [0.05, 0.1) is 0 Å². The fourth-order valence-electron chi connectivity index (χ4n) is 8.14. The van der Waals surface area contributed by atoms with Gasteiger partial charge in [-0.3, -0.25) is 19.2 Å². The van der Waals surface area contributed by atoms with Crippen molar-refractivity contribution < 1.29 is 57.3 Å². The number of hydrogen-bond donors (Lipinski definition) is 0. The molecule has 1 heterocycles. The van der Waals surface area contributed by atoms with E-state index in [0.29, 0.717) is 11.1 Å². The third-order valence-electron chi connectivity index (χ3n) is 12.1. The first kappa shape index (κ1) is 58.2. The second-order valence-electron chi connectivity index (χ2n) is 19.9. The topological polar surface area (TPSA) is 186 Å². The van der Waals surface area contributed by atoms with Crippen LogP contribution in [0.2, 0.25) is 0 Å². The molecule has 3 rings (SSSR count). The van der Waals surface area contributed by atoms with Gasteiger partial charge in [-0.15, -0.1) is 0 Å². The monoisotopic (exact) mass is 1070 g/mol. The van der Waals surface area contributed by atoms with E-state index in [1.54, 1.807) is 42.5 Å². The number of carbonyl (C=O) groups excluding carboxylic acids is 8. The number of carbonyl (C=O) groups is 8. The average molecular weight is 1080 g/mol. The van der Waals surface area contributed by atoms with Gasteiger partial charge in [-0.1, -0.05) is 97.9 Å². The lowest BCUT2D eigenvalue weighted by atomic mass is 10.00. The van der Waals surface area contributed by atoms with Gasteiger partial charge in [0, 0.05) is 44.6 Å². The van der Waals surface area contributed by atoms with E-state index in [4.69, 9.17) is 18.9 Å². The van der Waals surface area contributed by atoms with Crippen molar-refractivity contribution in [1.29, 1.82) is 0 Å². The lowest BCUT2D eigenvalue weighted by Crippen LogP contribution is -2.55. The third-order valence-corrected chi connectivity index (χ3v) is 12.8. The molecule has 69 heavy (non-hydrogen) atoms. The summed E-state index contributed by atoms with van der Waals surface area (Å²) < 4.78 is 24.7. The number of hydrogen-bond acceptors (Lipinski definition) is 12. The van der Waals surface area contributed by atoms with Crippen LogP contribution < -0.4 is 0 Å². The maximum atomic E-state index is 14.7. The van der Waals surface area contributed by atoms with Crippen molar-refractivity contribution in [2.45, 2.75) is 156 Å². The molecule has 0 bridgehead atoms. The zero-order valence-electron chi connectivity index (χ0n) is 42.9. The molecule has 8 atom stereocenters. The molecule has 4 amide bonds. The van der Waals surface area contributed by atoms with Crippen molar-refractivity contribution in [3.63, 3.8) is 0 Å². The number of cyclic esters (lactones) is 4. The number of nitrogens with zero attached hydrogens (tertiary/aromatic N) is 4. The molecule has 0 radical (unpaired) electrons. The van der Waals surface area contributed by atoms with Crippen LogP contribution in [0.3, 0.4) is 0 Å². The summed E-state index contributed by atoms with van der Waals surface area (Å²) in [5, 5.41) is 0. The molecule has 0 saturated carbocycles. The Morgan fingerprint density at radius 1 is 0.420 bits per heavy atom. The van der Waals surface area contributed by atoms with Crippen LogP contribution in [0, 0.1) is 27.2 Å². The standard InChI is InChI=1S/C52H75IN4O12/c1-30(2)24-39-49(62)66-35(10)46(59)55(12)42(27-33(7)8)52(65)69-44(29-37-20-22-38(53)23-21-37)48(61)57(14)40(25-31(3)4)50(63)67-34(9)45(58)54(11)41(26-32(5)6)51(64)68-43(47(60)56(39)13)28-36-18-16-15-17-19-36/h15-23,30-35,39-44H,24-29H2,1-14H3/t34-,35-,39+,40+,41?,42?,43-,44-/m1/s1. The van der Waals surface area contributed by atoms with E-state index < -0.39 is 96.1 Å². The molecule has 1 aliphatic rings. The molecule has 1 saturated heterocycles. The summed E-state index contributed by atoms with van der Waals surface area (Å²) in [4.78, 5) is 120. The van der Waals surface area contributed by atoms with Crippen LogP contribution >= 0.6 is 22.6 Å². The van der Waals surface area contributed by atoms with E-state index in [-0.39, 0.29) is 62.2 Å². The highest BCUT2D eigenvalue weighted by Gasteiger charge is 2.43. The van der Waals surface area contributed by atoms with Gasteiger partial charge in [-0.2, -0.15) is 0 Å². The predicted octanol–water partition coefficient (Wildman–Crippen LogP) is 6.27. The zero-order chi connectivity index (χ0) is 52.0. The molecule has 0 N–H and O–H groups in total. The highest BCUT2D eigenvalue weighted by Crippen LogP contribution is 2.24. The maximum Gasteiger partial charge on any atom is 0.329 e. The van der Waals surface area contributed by atoms with Crippen molar-refractivity contribution in [1.82, 2.24) is 19.6 Å². The summed E-state index contributed by atoms with van der Waals surface area (Å²) >= 11 is 2.15. The second kappa shape index (κ2) is 26.8. The number of ether oxygens (including phenoxy) is 4. The van der Waals surface area contributed by atoms with Gasteiger partial charge in [0.1, 0.15) is 24.2 Å². The number of halogens is 1. The Morgan fingerprint density at radius 3 is 1.00 bits per heavy atom. The molecule has 2 aromatic carbocycles. The van der Waals surface area contributed by atoms with Gasteiger partial charge in [0.15, 0.2) is 24.4 Å². The lowest BCUT2D eigenvalue weighted by Gasteiger charge is -2.35. The first-order chi connectivity index (χ1) is 32.2. The van der Waals surface area contributed by atoms with E-state index in [2.05, 4.69) is 22.6 Å². The van der Waals surface area contributed by atoms with Crippen molar-refractivity contribution >= 4 is 70.1 Å². The average Bonchev–Trinajstić information content (AvgIpc) is 3.28. The summed E-state index contributed by atoms with van der Waals surface area (Å²) in [6.45, 7) is 17.5. The van der Waals surface area contributed by atoms with Gasteiger partial charge < -0.3 is 38.5 Å². The van der Waals surface area contributed by atoms with Crippen LogP contribution in [0.1, 0.15) is 106 Å². The van der Waals surface area contributed by atoms with Crippen LogP contribution in [0.25, 0.3) is 0 Å². The normalized spacial score (nSPS) is 25.0. The Morgan fingerprint density at radius 2 is 0.696 bits per heavy atom. The van der Waals surface area contributed by atoms with Gasteiger partial charge in [0.25, 0.3) is 23.6 Å². The number of esters is 4. The van der Waals surface area contributed by atoms with E-state index in [9.17, 15) is 38.4 Å². The number of rotatable bonds is 12. The van der Waals surface area contributed by atoms with Gasteiger partial charge >= 0.3 is 23.9 Å². The number of likely N-dealkylation sites (N-methyl/N-ethyl adjacent to an activating group) is 4. The van der Waals surface area contributed by atoms with Crippen LogP contribution in [0.4, 0.5) is 0 Å². The van der Waals surface area contributed by atoms with Gasteiger partial charge in [0.2, 0.25) is 0 Å². The highest BCUT2D eigenvalue weighted by atomic mass is 127. The minimum atomic E-state index is -1.48. The summed E-state index contributed by atoms with van der Waals surface area (Å²) in [5.41, 5.74) is 1.30. The largest absolute Gasteiger partial charge is 0.451 e. The minimum absolute atomic E-state index is 0.0820. The Hall–Kier alpha value is -5.07. The fraction of sp³-hybridized carbons (Fsp3) is 0.615. The maximum absolute atomic E-state index is 14.7. The Kier molecular flexibility index (Phi) is 22.6. The molecular formula is C52H75IN4O12. The molecule has 0 aromatic heterocycles. The second-order valence-corrected chi connectivity index (χ2v) is 21.2. The molecule has 382 valence electrons. The third kappa shape index (κ3) is 17.1. The van der Waals surface area contributed by atoms with Gasteiger partial charge in [-0.05, 0) is 109 Å². The fourth-order valence-corrected chi connectivity index (χ4v) is 8.50. The SMILES string of the molecule is CC(C)CC1C(=O)O[C@H](Cc2ccc(I)cc2)C(=O)N(C)[C@@H](CC(C)C)C(=O)O[C@H](C)C(=O)N(C)C(CC(C)C)C(=O)O[C@H](Cc2ccccc2)C(=O)N(C)[C@@H](CC(C)C)C(=O)O[C@H](C)C(=O)N1C. The first-order valence-corrected chi connectivity index (χ1v) is 25.0. The summed E-state index contributed by atoms with van der Waals surface area (Å²) in [6.07, 6.45) is -5.58. The molecular weight excluding hydrogens is 999 g/mol. The van der Waals surface area contributed by atoms with Crippen molar-refractivity contribution in [2.24, 2.45) is 23.7 Å². The number of amides is 4. The van der Waals surface area contributed by atoms with Gasteiger partial charge in [-0.25, -0.2) is 19.2 Å². The smallest absolute Gasteiger partial charge is 0.329 e. The van der Waals surface area contributed by atoms with Crippen molar-refractivity contribution in [3.8, 4) is 0 Å². The van der Waals surface area contributed by atoms with E-state index in [0.717, 1.165) is 23.2 Å². The minimum Gasteiger partial charge on any atom is -0.451 e. The summed E-state index contributed by atoms with van der Waals surface area (Å²) in [7, 11) is 5.57. The van der Waals surface area contributed by atoms with Crippen LogP contribution in [0.5, 0.6) is 0 Å². The Balaban J connectivity index is 2.25. The molecule has 2 aromatic rings. The highest BCUT2D eigenvalue weighted by molar-refractivity contribution is 14.1. The van der Waals surface area contributed by atoms with Crippen molar-refractivity contribution in [3.05, 3.63) is 69.3 Å². The van der Waals surface area contributed by atoms with E-state index in [1.165, 1.54) is 42.0 Å². The molecule has 0 aliphatic carbocycles. The first-order valence-electron chi connectivity index (χ1n) is 23.9. The van der Waals surface area contributed by atoms with Crippen LogP contribution in [-0.4, -0.2) is 144 Å². The van der Waals surface area contributed by atoms with Crippen LogP contribution in [-0.2, 0) is 70.1 Å². The zero-order valence-corrected chi connectivity index (χ0v) is 45.1. The molecule has 17 heteroatoms. The van der Waals surface area contributed by atoms with E-state index >= 15 is 0 Å². The van der Waals surface area contributed by atoms with Crippen LogP contribution in [0.15, 0.2) is 54.6 Å². The molecule has 16 nitrogen and oxygen atoms in total. The molecule has 1 fully saturated rings. The molecule has 2 unspecified atom stereocenters. The lowest BCUT2D eigenvalue weighted by molar-refractivity contribution is -0.176. The summed E-state index contributed by atoms with van der Waals surface area (Å²) in [6, 6.07) is 11.1. The number of benzene rings is 2. The Bertz CT molecular complexity index is 2060. The van der Waals surface area contributed by atoms with Crippen molar-refractivity contribution in [2.75, 3.05) is 28.2 Å². The quantitative estimate of drug-likeness (QED) is 0.132. The Labute approximate surface area is 422 Å². The van der Waals surface area contributed by atoms with E-state index in [1.807, 2.05) is 67.5 Å². The predicted molar refractivity (Wildman–Crippen MR) is 268 cm³/mol. The molecule has 0 spiro atoms. The summed E-state index contributed by atoms with van der Waals surface area (Å²) in [5.74, 6) is -7.14.